The predicted molar refractivity (Wildman–Crippen MR) is 82.9 cm³/mol. The summed E-state index contributed by atoms with van der Waals surface area (Å²) in [6.07, 6.45) is 5.85. The van der Waals surface area contributed by atoms with E-state index >= 15 is 0 Å². The second-order valence-electron chi connectivity index (χ2n) is 5.06. The van der Waals surface area contributed by atoms with Crippen LogP contribution in [0.5, 0.6) is 0 Å². The van der Waals surface area contributed by atoms with Crippen molar-refractivity contribution >= 4 is 31.5 Å². The number of piperidine rings is 1. The van der Waals surface area contributed by atoms with E-state index in [4.69, 9.17) is 0 Å². The van der Waals surface area contributed by atoms with Crippen LogP contribution in [0.2, 0.25) is 0 Å². The maximum atomic E-state index is 11.9. The maximum Gasteiger partial charge on any atom is 0.177 e. The lowest BCUT2D eigenvalue weighted by Crippen LogP contribution is -2.40. The van der Waals surface area contributed by atoms with Gasteiger partial charge < -0.3 is 4.90 Å². The fourth-order valence-electron chi connectivity index (χ4n) is 2.75. The van der Waals surface area contributed by atoms with Gasteiger partial charge in [-0.25, -0.2) is 8.42 Å². The van der Waals surface area contributed by atoms with E-state index in [1.807, 2.05) is 12.1 Å². The number of benzene rings is 1. The fraction of sp³-hybridized carbons (Fsp3) is 0.571. The van der Waals surface area contributed by atoms with Gasteiger partial charge >= 0.3 is 0 Å². The monoisotopic (exact) mass is 345 g/mol. The van der Waals surface area contributed by atoms with Crippen molar-refractivity contribution in [1.29, 1.82) is 0 Å². The topological polar surface area (TPSA) is 37.4 Å². The summed E-state index contributed by atoms with van der Waals surface area (Å²) in [6.45, 7) is 0.949. The minimum absolute atomic E-state index is 0.441. The average Bonchev–Trinajstić information content (AvgIpc) is 2.39. The zero-order valence-corrected chi connectivity index (χ0v) is 13.6. The Morgan fingerprint density at radius 3 is 2.74 bits per heavy atom. The normalized spacial score (nSPS) is 20.5. The lowest BCUT2D eigenvalue weighted by Gasteiger charge is -2.38. The smallest absolute Gasteiger partial charge is 0.177 e. The Morgan fingerprint density at radius 2 is 2.05 bits per heavy atom. The van der Waals surface area contributed by atoms with E-state index in [0.29, 0.717) is 10.9 Å². The molecule has 0 saturated carbocycles. The molecule has 0 radical (unpaired) electrons. The van der Waals surface area contributed by atoms with Crippen LogP contribution in [-0.4, -0.2) is 32.6 Å². The molecule has 1 aliphatic rings. The van der Waals surface area contributed by atoms with E-state index in [1.165, 1.54) is 12.7 Å². The third-order valence-corrected chi connectivity index (χ3v) is 5.25. The highest BCUT2D eigenvalue weighted by Crippen LogP contribution is 2.31. The summed E-state index contributed by atoms with van der Waals surface area (Å²) >= 11 is 3.50. The molecule has 0 N–H and O–H groups in total. The highest BCUT2D eigenvalue weighted by Gasteiger charge is 2.26. The van der Waals surface area contributed by atoms with Crippen molar-refractivity contribution in [2.24, 2.45) is 0 Å². The number of nitrogens with zero attached hydrogens (tertiary/aromatic N) is 1. The standard InChI is InChI=1S/C14H20BrNO2S/c1-19(17,18)14-8-3-2-7-13(14)16-11-5-4-6-12(16)9-10-15/h2-3,7-8,12H,4-6,9-11H2,1H3. The maximum absolute atomic E-state index is 11.9. The van der Waals surface area contributed by atoms with Crippen LogP contribution < -0.4 is 4.90 Å². The van der Waals surface area contributed by atoms with E-state index < -0.39 is 9.84 Å². The first-order chi connectivity index (χ1) is 9.04. The van der Waals surface area contributed by atoms with Crippen LogP contribution >= 0.6 is 15.9 Å². The van der Waals surface area contributed by atoms with E-state index in [0.717, 1.165) is 36.8 Å². The molecule has 1 aromatic carbocycles. The summed E-state index contributed by atoms with van der Waals surface area (Å²) in [4.78, 5) is 2.73. The van der Waals surface area contributed by atoms with Gasteiger partial charge in [-0.1, -0.05) is 28.1 Å². The molecule has 0 aromatic heterocycles. The van der Waals surface area contributed by atoms with Gasteiger partial charge in [-0.2, -0.15) is 0 Å². The van der Waals surface area contributed by atoms with Crippen LogP contribution in [0, 0.1) is 0 Å². The Morgan fingerprint density at radius 1 is 1.32 bits per heavy atom. The Hall–Kier alpha value is -0.550. The first-order valence-corrected chi connectivity index (χ1v) is 9.67. The number of alkyl halides is 1. The minimum Gasteiger partial charge on any atom is -0.367 e. The first kappa shape index (κ1) is 14.9. The average molecular weight is 346 g/mol. The van der Waals surface area contributed by atoms with Crippen molar-refractivity contribution < 1.29 is 8.42 Å². The number of anilines is 1. The molecule has 1 unspecified atom stereocenters. The molecule has 0 amide bonds. The number of sulfone groups is 1. The van der Waals surface area contributed by atoms with Gasteiger partial charge in [0.15, 0.2) is 9.84 Å². The summed E-state index contributed by atoms with van der Waals surface area (Å²) in [5.74, 6) is 0. The second-order valence-corrected chi connectivity index (χ2v) is 7.84. The van der Waals surface area contributed by atoms with Crippen LogP contribution in [0.1, 0.15) is 25.7 Å². The molecule has 106 valence electrons. The Bertz CT molecular complexity index is 528. The molecule has 2 rings (SSSR count). The van der Waals surface area contributed by atoms with Crippen molar-refractivity contribution in [1.82, 2.24) is 0 Å². The van der Waals surface area contributed by atoms with Crippen LogP contribution in [0.4, 0.5) is 5.69 Å². The molecule has 3 nitrogen and oxygen atoms in total. The summed E-state index contributed by atoms with van der Waals surface area (Å²) in [7, 11) is -3.17. The quantitative estimate of drug-likeness (QED) is 0.786. The van der Waals surface area contributed by atoms with E-state index in [1.54, 1.807) is 12.1 Å². The number of rotatable bonds is 4. The molecule has 1 aromatic rings. The molecular weight excluding hydrogens is 326 g/mol. The molecule has 1 fully saturated rings. The Labute approximate surface area is 124 Å². The molecule has 0 aliphatic carbocycles. The Balaban J connectivity index is 2.39. The number of hydrogen-bond acceptors (Lipinski definition) is 3. The second kappa shape index (κ2) is 6.27. The van der Waals surface area contributed by atoms with Crippen LogP contribution in [0.15, 0.2) is 29.2 Å². The lowest BCUT2D eigenvalue weighted by molar-refractivity contribution is 0.450. The minimum atomic E-state index is -3.17. The highest BCUT2D eigenvalue weighted by atomic mass is 79.9. The zero-order chi connectivity index (χ0) is 13.9. The lowest BCUT2D eigenvalue weighted by atomic mass is 9.99. The first-order valence-electron chi connectivity index (χ1n) is 6.65. The van der Waals surface area contributed by atoms with Crippen molar-refractivity contribution in [2.45, 2.75) is 36.6 Å². The van der Waals surface area contributed by atoms with E-state index in [9.17, 15) is 8.42 Å². The SMILES string of the molecule is CS(=O)(=O)c1ccccc1N1CCCCC1CCBr. The molecule has 1 heterocycles. The zero-order valence-electron chi connectivity index (χ0n) is 11.2. The third kappa shape index (κ3) is 3.51. The van der Waals surface area contributed by atoms with Crippen molar-refractivity contribution in [3.8, 4) is 0 Å². The van der Waals surface area contributed by atoms with Gasteiger partial charge in [0.2, 0.25) is 0 Å². The molecule has 5 heteroatoms. The van der Waals surface area contributed by atoms with Gasteiger partial charge in [0.25, 0.3) is 0 Å². The molecule has 1 aliphatic heterocycles. The fourth-order valence-corrected chi connectivity index (χ4v) is 4.17. The largest absolute Gasteiger partial charge is 0.367 e. The molecule has 0 spiro atoms. The van der Waals surface area contributed by atoms with Gasteiger partial charge in [0, 0.05) is 24.2 Å². The van der Waals surface area contributed by atoms with E-state index in [-0.39, 0.29) is 0 Å². The van der Waals surface area contributed by atoms with Gasteiger partial charge in [0.05, 0.1) is 10.6 Å². The summed E-state index contributed by atoms with van der Waals surface area (Å²) < 4.78 is 23.8. The summed E-state index contributed by atoms with van der Waals surface area (Å²) in [5.41, 5.74) is 0.871. The number of halogens is 1. The molecule has 0 bridgehead atoms. The van der Waals surface area contributed by atoms with Crippen molar-refractivity contribution in [2.75, 3.05) is 23.0 Å². The third-order valence-electron chi connectivity index (χ3n) is 3.64. The Kier molecular flexibility index (Phi) is 4.90. The number of hydrogen-bond donors (Lipinski definition) is 0. The number of para-hydroxylation sites is 1. The highest BCUT2D eigenvalue weighted by molar-refractivity contribution is 9.09. The summed E-state index contributed by atoms with van der Waals surface area (Å²) in [6, 6.07) is 7.80. The molecule has 1 atom stereocenters. The van der Waals surface area contributed by atoms with Crippen LogP contribution in [0.3, 0.4) is 0 Å². The van der Waals surface area contributed by atoms with Gasteiger partial charge in [-0.3, -0.25) is 0 Å². The van der Waals surface area contributed by atoms with E-state index in [2.05, 4.69) is 20.8 Å². The van der Waals surface area contributed by atoms with Gasteiger partial charge in [-0.05, 0) is 37.8 Å². The molecular formula is C14H20BrNO2S. The van der Waals surface area contributed by atoms with Crippen LogP contribution in [0.25, 0.3) is 0 Å². The molecule has 1 saturated heterocycles. The predicted octanol–water partition coefficient (Wildman–Crippen LogP) is 3.23. The van der Waals surface area contributed by atoms with Crippen LogP contribution in [-0.2, 0) is 9.84 Å². The summed E-state index contributed by atoms with van der Waals surface area (Å²) in [5, 5.41) is 0.954. The van der Waals surface area contributed by atoms with Gasteiger partial charge in [0.1, 0.15) is 0 Å². The van der Waals surface area contributed by atoms with Gasteiger partial charge in [-0.15, -0.1) is 0 Å². The van der Waals surface area contributed by atoms with Crippen molar-refractivity contribution in [3.05, 3.63) is 24.3 Å². The molecule has 19 heavy (non-hydrogen) atoms. The van der Waals surface area contributed by atoms with Crippen molar-refractivity contribution in [3.63, 3.8) is 0 Å².